The van der Waals surface area contributed by atoms with E-state index in [-0.39, 0.29) is 24.1 Å². The number of alkyl halides is 3. The van der Waals surface area contributed by atoms with Crippen LogP contribution in [0.25, 0.3) is 0 Å². The van der Waals surface area contributed by atoms with Crippen LogP contribution >= 0.6 is 11.5 Å². The Morgan fingerprint density at radius 2 is 1.94 bits per heavy atom. The smallest absolute Gasteiger partial charge is 0.452 e. The molecule has 0 amide bonds. The Kier molecular flexibility index (Phi) is 9.90. The standard InChI is InChI=1S/C22H31F3N4O3S/c1-14(2)13-29(9-5-4-6-10-30)18-8-7-16(15(3)11-19(31)32)12-17(18)26-21-27-20(28-33-21)22(23,24)25/h7-8,12,14-15,30H,4-6,9-11,13H2,1-3H3,(H,31,32)(H,26,27,28). The molecule has 0 aliphatic rings. The number of aliphatic hydroxyl groups is 1. The highest BCUT2D eigenvalue weighted by Crippen LogP contribution is 2.36. The highest BCUT2D eigenvalue weighted by Gasteiger charge is 2.36. The number of nitrogens with zero attached hydrogens (tertiary/aromatic N) is 3. The van der Waals surface area contributed by atoms with Crippen LogP contribution in [0.4, 0.5) is 29.7 Å². The molecule has 0 saturated carbocycles. The molecule has 2 aromatic rings. The molecule has 1 aromatic carbocycles. The molecule has 1 unspecified atom stereocenters. The topological polar surface area (TPSA) is 98.6 Å². The lowest BCUT2D eigenvalue weighted by molar-refractivity contribution is -0.144. The number of aromatic nitrogens is 2. The highest BCUT2D eigenvalue weighted by atomic mass is 32.1. The lowest BCUT2D eigenvalue weighted by Crippen LogP contribution is -2.29. The first-order valence-electron chi connectivity index (χ1n) is 10.9. The summed E-state index contributed by atoms with van der Waals surface area (Å²) in [5, 5.41) is 21.2. The zero-order chi connectivity index (χ0) is 24.6. The number of rotatable bonds is 13. The van der Waals surface area contributed by atoms with E-state index in [9.17, 15) is 18.0 Å². The van der Waals surface area contributed by atoms with Gasteiger partial charge in [0.2, 0.25) is 11.0 Å². The molecule has 0 radical (unpaired) electrons. The number of halogens is 3. The SMILES string of the molecule is CC(C)CN(CCCCCO)c1ccc(C(C)CC(=O)O)cc1Nc1nc(C(F)(F)F)ns1. The third-order valence-corrected chi connectivity index (χ3v) is 5.63. The summed E-state index contributed by atoms with van der Waals surface area (Å²) in [5.74, 6) is -2.07. The average Bonchev–Trinajstić information content (AvgIpc) is 3.18. The maximum atomic E-state index is 13.0. The molecule has 0 bridgehead atoms. The number of carboxylic acids is 1. The van der Waals surface area contributed by atoms with E-state index < -0.39 is 18.0 Å². The predicted molar refractivity (Wildman–Crippen MR) is 123 cm³/mol. The number of unbranched alkanes of at least 4 members (excludes halogenated alkanes) is 2. The van der Waals surface area contributed by atoms with Gasteiger partial charge >= 0.3 is 12.1 Å². The monoisotopic (exact) mass is 488 g/mol. The summed E-state index contributed by atoms with van der Waals surface area (Å²) in [5.41, 5.74) is 2.11. The predicted octanol–water partition coefficient (Wildman–Crippen LogP) is 5.50. The summed E-state index contributed by atoms with van der Waals surface area (Å²) < 4.78 is 42.3. The largest absolute Gasteiger partial charge is 0.481 e. The van der Waals surface area contributed by atoms with Crippen LogP contribution in [0.1, 0.15) is 63.8 Å². The van der Waals surface area contributed by atoms with Crippen LogP contribution < -0.4 is 10.2 Å². The lowest BCUT2D eigenvalue weighted by atomic mass is 9.96. The van der Waals surface area contributed by atoms with Crippen LogP contribution in [0.5, 0.6) is 0 Å². The minimum absolute atomic E-state index is 0.0105. The molecule has 33 heavy (non-hydrogen) atoms. The number of nitrogens with one attached hydrogen (secondary N) is 1. The molecule has 1 atom stereocenters. The van der Waals surface area contributed by atoms with Crippen molar-refractivity contribution in [2.75, 3.05) is 29.9 Å². The molecular weight excluding hydrogens is 457 g/mol. The van der Waals surface area contributed by atoms with Crippen LogP contribution in [0.3, 0.4) is 0 Å². The van der Waals surface area contributed by atoms with E-state index in [1.165, 1.54) is 0 Å². The molecule has 1 heterocycles. The summed E-state index contributed by atoms with van der Waals surface area (Å²) in [4.78, 5) is 16.9. The number of hydrogen-bond acceptors (Lipinski definition) is 7. The summed E-state index contributed by atoms with van der Waals surface area (Å²) in [7, 11) is 0. The van der Waals surface area contributed by atoms with Gasteiger partial charge < -0.3 is 20.4 Å². The Morgan fingerprint density at radius 1 is 1.21 bits per heavy atom. The van der Waals surface area contributed by atoms with Crippen molar-refractivity contribution in [2.45, 2.75) is 58.5 Å². The van der Waals surface area contributed by atoms with Crippen molar-refractivity contribution < 1.29 is 28.2 Å². The Bertz CT molecular complexity index is 905. The van der Waals surface area contributed by atoms with E-state index in [0.29, 0.717) is 36.1 Å². The van der Waals surface area contributed by atoms with Crippen molar-refractivity contribution in [3.05, 3.63) is 29.6 Å². The van der Waals surface area contributed by atoms with Gasteiger partial charge in [-0.15, -0.1) is 0 Å². The van der Waals surface area contributed by atoms with Crippen molar-refractivity contribution in [3.63, 3.8) is 0 Å². The van der Waals surface area contributed by atoms with Crippen molar-refractivity contribution in [1.29, 1.82) is 0 Å². The van der Waals surface area contributed by atoms with Crippen molar-refractivity contribution in [2.24, 2.45) is 5.92 Å². The van der Waals surface area contributed by atoms with Gasteiger partial charge in [-0.25, -0.2) is 0 Å². The molecule has 0 aliphatic carbocycles. The molecular formula is C22H31F3N4O3S. The molecule has 2 rings (SSSR count). The highest BCUT2D eigenvalue weighted by molar-refractivity contribution is 7.09. The molecule has 184 valence electrons. The van der Waals surface area contributed by atoms with Crippen LogP contribution in [-0.2, 0) is 11.0 Å². The average molecular weight is 489 g/mol. The lowest BCUT2D eigenvalue weighted by Gasteiger charge is -2.29. The van der Waals surface area contributed by atoms with Crippen molar-refractivity contribution >= 4 is 34.0 Å². The maximum Gasteiger partial charge on any atom is 0.452 e. The summed E-state index contributed by atoms with van der Waals surface area (Å²) in [6.07, 6.45) is -2.29. The number of aliphatic hydroxyl groups excluding tert-OH is 1. The zero-order valence-electron chi connectivity index (χ0n) is 19.0. The van der Waals surface area contributed by atoms with Gasteiger partial charge in [-0.2, -0.15) is 22.5 Å². The molecule has 0 fully saturated rings. The normalized spacial score (nSPS) is 12.7. The quantitative estimate of drug-likeness (QED) is 0.320. The number of benzene rings is 1. The van der Waals surface area contributed by atoms with Crippen molar-refractivity contribution in [1.82, 2.24) is 9.36 Å². The van der Waals surface area contributed by atoms with Gasteiger partial charge in [0.15, 0.2) is 0 Å². The fourth-order valence-corrected chi connectivity index (χ4v) is 4.06. The minimum Gasteiger partial charge on any atom is -0.481 e. The van der Waals surface area contributed by atoms with Crippen LogP contribution in [0.2, 0.25) is 0 Å². The van der Waals surface area contributed by atoms with Gasteiger partial charge in [0.25, 0.3) is 0 Å². The summed E-state index contributed by atoms with van der Waals surface area (Å²) in [6, 6.07) is 5.51. The fourth-order valence-electron chi connectivity index (χ4n) is 3.46. The van der Waals surface area contributed by atoms with E-state index in [1.54, 1.807) is 13.0 Å². The maximum absolute atomic E-state index is 13.0. The van der Waals surface area contributed by atoms with Gasteiger partial charge in [-0.05, 0) is 48.8 Å². The van der Waals surface area contributed by atoms with E-state index in [4.69, 9.17) is 10.2 Å². The molecule has 0 spiro atoms. The van der Waals surface area contributed by atoms with Gasteiger partial charge in [-0.1, -0.05) is 26.8 Å². The van der Waals surface area contributed by atoms with E-state index >= 15 is 0 Å². The summed E-state index contributed by atoms with van der Waals surface area (Å²) in [6.45, 7) is 7.52. The summed E-state index contributed by atoms with van der Waals surface area (Å²) >= 11 is 0.622. The molecule has 0 aliphatic heterocycles. The van der Waals surface area contributed by atoms with Crippen LogP contribution in [-0.4, -0.2) is 45.2 Å². The van der Waals surface area contributed by atoms with Gasteiger partial charge in [0.1, 0.15) is 0 Å². The third kappa shape index (κ3) is 8.47. The molecule has 3 N–H and O–H groups in total. The Morgan fingerprint density at radius 3 is 2.52 bits per heavy atom. The second-order valence-corrected chi connectivity index (χ2v) is 9.20. The molecule has 0 saturated heterocycles. The number of aliphatic carboxylic acids is 1. The third-order valence-electron chi connectivity index (χ3n) is 5.00. The molecule has 7 nitrogen and oxygen atoms in total. The zero-order valence-corrected chi connectivity index (χ0v) is 19.8. The van der Waals surface area contributed by atoms with Crippen LogP contribution in [0, 0.1) is 5.92 Å². The van der Waals surface area contributed by atoms with E-state index in [0.717, 1.165) is 30.6 Å². The van der Waals surface area contributed by atoms with Gasteiger partial charge in [0.05, 0.1) is 17.8 Å². The number of carboxylic acid groups (broad SMARTS) is 1. The number of hydrogen-bond donors (Lipinski definition) is 3. The minimum atomic E-state index is -4.63. The van der Waals surface area contributed by atoms with E-state index in [2.05, 4.69) is 33.4 Å². The first-order chi connectivity index (χ1) is 15.5. The van der Waals surface area contributed by atoms with Gasteiger partial charge in [-0.3, -0.25) is 4.79 Å². The second kappa shape index (κ2) is 12.2. The number of anilines is 3. The number of carbonyl (C=O) groups is 1. The Labute approximate surface area is 195 Å². The Balaban J connectivity index is 2.41. The first kappa shape index (κ1) is 26.8. The Hall–Kier alpha value is -2.40. The second-order valence-electron chi connectivity index (χ2n) is 8.45. The van der Waals surface area contributed by atoms with Crippen molar-refractivity contribution in [3.8, 4) is 0 Å². The van der Waals surface area contributed by atoms with Gasteiger partial charge in [0, 0.05) is 31.2 Å². The fraction of sp³-hybridized carbons (Fsp3) is 0.591. The van der Waals surface area contributed by atoms with Crippen LogP contribution in [0.15, 0.2) is 18.2 Å². The van der Waals surface area contributed by atoms with E-state index in [1.807, 2.05) is 12.1 Å². The molecule has 1 aromatic heterocycles. The molecule has 11 heteroatoms. The first-order valence-corrected chi connectivity index (χ1v) is 11.7.